The molecule has 2 aliphatic heterocycles. The van der Waals surface area contributed by atoms with Crippen LogP contribution in [0.5, 0.6) is 5.75 Å². The van der Waals surface area contributed by atoms with Gasteiger partial charge in [0.1, 0.15) is 11.3 Å². The van der Waals surface area contributed by atoms with Crippen molar-refractivity contribution in [2.24, 2.45) is 0 Å². The minimum absolute atomic E-state index is 0.136. The number of carbonyl (C=O) groups excluding carboxylic acids is 1. The summed E-state index contributed by atoms with van der Waals surface area (Å²) >= 11 is 0. The number of hydrogen-bond donors (Lipinski definition) is 0. The first-order valence-electron chi connectivity index (χ1n) is 13.5. The number of hydrogen-bond acceptors (Lipinski definition) is 6. The van der Waals surface area contributed by atoms with E-state index >= 15 is 0 Å². The van der Waals surface area contributed by atoms with E-state index in [9.17, 15) is 9.59 Å². The molecule has 0 saturated carbocycles. The predicted molar refractivity (Wildman–Crippen MR) is 143 cm³/mol. The molecule has 37 heavy (non-hydrogen) atoms. The van der Waals surface area contributed by atoms with Crippen molar-refractivity contribution < 1.29 is 18.7 Å². The molecule has 1 unspecified atom stereocenters. The summed E-state index contributed by atoms with van der Waals surface area (Å²) in [6, 6.07) is 12.8. The number of unbranched alkanes of at least 4 members (excludes halogenated alkanes) is 3. The Morgan fingerprint density at radius 3 is 2.51 bits per heavy atom. The number of fused-ring (bicyclic) bond motifs is 2. The molecule has 0 radical (unpaired) electrons. The van der Waals surface area contributed by atoms with Crippen molar-refractivity contribution in [1.29, 1.82) is 0 Å². The summed E-state index contributed by atoms with van der Waals surface area (Å²) in [7, 11) is 0. The molecule has 3 aromatic rings. The van der Waals surface area contributed by atoms with Crippen LogP contribution in [0.1, 0.15) is 65.9 Å². The third-order valence-electron chi connectivity index (χ3n) is 7.34. The summed E-state index contributed by atoms with van der Waals surface area (Å²) in [5, 5.41) is 0.513. The van der Waals surface area contributed by atoms with Gasteiger partial charge in [0.05, 0.1) is 36.8 Å². The first-order chi connectivity index (χ1) is 18.1. The molecular weight excluding hydrogens is 468 g/mol. The lowest BCUT2D eigenvalue weighted by molar-refractivity contribution is 0.0314. The van der Waals surface area contributed by atoms with Crippen molar-refractivity contribution in [3.63, 3.8) is 0 Å². The van der Waals surface area contributed by atoms with Crippen LogP contribution >= 0.6 is 0 Å². The summed E-state index contributed by atoms with van der Waals surface area (Å²) < 4.78 is 17.5. The number of amides is 1. The van der Waals surface area contributed by atoms with Gasteiger partial charge in [0, 0.05) is 26.2 Å². The lowest BCUT2D eigenvalue weighted by atomic mass is 9.98. The highest BCUT2D eigenvalue weighted by molar-refractivity contribution is 5.99. The number of benzene rings is 2. The third-order valence-corrected chi connectivity index (χ3v) is 7.34. The van der Waals surface area contributed by atoms with Crippen LogP contribution in [0.3, 0.4) is 0 Å². The summed E-state index contributed by atoms with van der Waals surface area (Å²) in [5.41, 5.74) is 2.60. The van der Waals surface area contributed by atoms with Crippen molar-refractivity contribution >= 4 is 16.9 Å². The van der Waals surface area contributed by atoms with E-state index in [1.54, 1.807) is 11.0 Å². The van der Waals surface area contributed by atoms with E-state index in [-0.39, 0.29) is 17.1 Å². The highest BCUT2D eigenvalue weighted by Gasteiger charge is 2.42. The molecule has 196 valence electrons. The Balaban J connectivity index is 1.45. The van der Waals surface area contributed by atoms with E-state index in [4.69, 9.17) is 13.9 Å². The molecule has 3 heterocycles. The standard InChI is InChI=1S/C30H36N2O5/c1-3-4-5-6-17-36-23-10-8-22(9-11-23)27-26-28(33)24-20-21(2)7-12-25(24)37-29(26)30(34)32(27)14-13-31-15-18-35-19-16-31/h7-12,20,27H,3-6,13-19H2,1-2H3. The van der Waals surface area contributed by atoms with Gasteiger partial charge in [-0.1, -0.05) is 49.9 Å². The molecule has 7 heteroatoms. The average molecular weight is 505 g/mol. The molecule has 2 aliphatic rings. The first-order valence-corrected chi connectivity index (χ1v) is 13.5. The number of rotatable bonds is 10. The normalized spacial score (nSPS) is 17.9. The van der Waals surface area contributed by atoms with Crippen LogP contribution in [-0.2, 0) is 4.74 Å². The molecule has 1 fully saturated rings. The Morgan fingerprint density at radius 1 is 0.973 bits per heavy atom. The Bertz CT molecular complexity index is 1290. The second-order valence-corrected chi connectivity index (χ2v) is 10.0. The smallest absolute Gasteiger partial charge is 0.290 e. The number of morpholine rings is 1. The number of carbonyl (C=O) groups is 1. The van der Waals surface area contributed by atoms with Gasteiger partial charge in [-0.15, -0.1) is 0 Å². The zero-order chi connectivity index (χ0) is 25.8. The molecule has 2 aromatic carbocycles. The molecule has 1 aromatic heterocycles. The van der Waals surface area contributed by atoms with E-state index in [0.717, 1.165) is 42.8 Å². The van der Waals surface area contributed by atoms with Crippen LogP contribution in [0.4, 0.5) is 0 Å². The fourth-order valence-electron chi connectivity index (χ4n) is 5.25. The molecule has 1 amide bonds. The van der Waals surface area contributed by atoms with Crippen LogP contribution in [0, 0.1) is 6.92 Å². The van der Waals surface area contributed by atoms with Crippen molar-refractivity contribution in [2.75, 3.05) is 46.0 Å². The van der Waals surface area contributed by atoms with Crippen LogP contribution in [0.25, 0.3) is 11.0 Å². The molecule has 0 aliphatic carbocycles. The van der Waals surface area contributed by atoms with Crippen molar-refractivity contribution in [3.05, 3.63) is 75.1 Å². The highest BCUT2D eigenvalue weighted by atomic mass is 16.5. The fraction of sp³-hybridized carbons (Fsp3) is 0.467. The van der Waals surface area contributed by atoms with Gasteiger partial charge < -0.3 is 18.8 Å². The quantitative estimate of drug-likeness (QED) is 0.364. The molecule has 5 rings (SSSR count). The second kappa shape index (κ2) is 11.5. The Kier molecular flexibility index (Phi) is 7.91. The lowest BCUT2D eigenvalue weighted by Gasteiger charge is -2.31. The largest absolute Gasteiger partial charge is 0.494 e. The van der Waals surface area contributed by atoms with Crippen molar-refractivity contribution in [2.45, 2.75) is 45.6 Å². The van der Waals surface area contributed by atoms with Crippen molar-refractivity contribution in [1.82, 2.24) is 9.80 Å². The number of aryl methyl sites for hydroxylation is 1. The maximum absolute atomic E-state index is 13.8. The summed E-state index contributed by atoms with van der Waals surface area (Å²) in [4.78, 5) is 31.5. The number of nitrogens with zero attached hydrogens (tertiary/aromatic N) is 2. The monoisotopic (exact) mass is 504 g/mol. The fourth-order valence-corrected chi connectivity index (χ4v) is 5.25. The van der Waals surface area contributed by atoms with E-state index in [1.165, 1.54) is 12.8 Å². The van der Waals surface area contributed by atoms with E-state index in [0.29, 0.717) is 49.4 Å². The van der Waals surface area contributed by atoms with Gasteiger partial charge in [-0.25, -0.2) is 0 Å². The van der Waals surface area contributed by atoms with Crippen LogP contribution in [-0.4, -0.2) is 61.7 Å². The average Bonchev–Trinajstić information content (AvgIpc) is 3.20. The first kappa shape index (κ1) is 25.5. The van der Waals surface area contributed by atoms with Crippen LogP contribution in [0.2, 0.25) is 0 Å². The van der Waals surface area contributed by atoms with Crippen molar-refractivity contribution in [3.8, 4) is 5.75 Å². The second-order valence-electron chi connectivity index (χ2n) is 10.0. The van der Waals surface area contributed by atoms with Gasteiger partial charge in [-0.2, -0.15) is 0 Å². The van der Waals surface area contributed by atoms with Crippen LogP contribution < -0.4 is 10.2 Å². The maximum atomic E-state index is 13.8. The van der Waals surface area contributed by atoms with Crippen LogP contribution in [0.15, 0.2) is 51.7 Å². The Hall–Kier alpha value is -3.16. The van der Waals surface area contributed by atoms with Gasteiger partial charge in [-0.05, 0) is 43.2 Å². The molecule has 0 bridgehead atoms. The SMILES string of the molecule is CCCCCCOc1ccc(C2c3c(oc4ccc(C)cc4c3=O)C(=O)N2CCN2CCOCC2)cc1. The molecule has 7 nitrogen and oxygen atoms in total. The van der Waals surface area contributed by atoms with Gasteiger partial charge in [0.2, 0.25) is 5.76 Å². The zero-order valence-electron chi connectivity index (χ0n) is 21.8. The maximum Gasteiger partial charge on any atom is 0.290 e. The molecule has 0 spiro atoms. The minimum atomic E-state index is -0.497. The van der Waals surface area contributed by atoms with E-state index in [2.05, 4.69) is 11.8 Å². The third kappa shape index (κ3) is 5.43. The summed E-state index contributed by atoms with van der Waals surface area (Å²) in [6.45, 7) is 9.11. The molecule has 1 atom stereocenters. The lowest BCUT2D eigenvalue weighted by Crippen LogP contribution is -2.42. The molecule has 1 saturated heterocycles. The summed E-state index contributed by atoms with van der Waals surface area (Å²) in [5.74, 6) is 0.722. The number of ether oxygens (including phenoxy) is 2. The Morgan fingerprint density at radius 2 is 1.76 bits per heavy atom. The van der Waals surface area contributed by atoms with E-state index < -0.39 is 6.04 Å². The zero-order valence-corrected chi connectivity index (χ0v) is 21.8. The molecule has 0 N–H and O–H groups in total. The highest BCUT2D eigenvalue weighted by Crippen LogP contribution is 2.38. The topological polar surface area (TPSA) is 72.2 Å². The summed E-state index contributed by atoms with van der Waals surface area (Å²) in [6.07, 6.45) is 4.61. The molecular formula is C30H36N2O5. The predicted octanol–water partition coefficient (Wildman–Crippen LogP) is 4.94. The van der Waals surface area contributed by atoms with Gasteiger partial charge in [-0.3, -0.25) is 14.5 Å². The Labute approximate surface area is 218 Å². The van der Waals surface area contributed by atoms with Gasteiger partial charge in [0.25, 0.3) is 5.91 Å². The van der Waals surface area contributed by atoms with Gasteiger partial charge in [0.15, 0.2) is 5.43 Å². The minimum Gasteiger partial charge on any atom is -0.494 e. The van der Waals surface area contributed by atoms with Gasteiger partial charge >= 0.3 is 0 Å². The van der Waals surface area contributed by atoms with E-state index in [1.807, 2.05) is 43.3 Å².